The molecule has 10 aromatic rings. The number of aliphatic hydroxyl groups is 4. The lowest BCUT2D eigenvalue weighted by Crippen LogP contribution is -2.39. The van der Waals surface area contributed by atoms with E-state index in [2.05, 4.69) is 173 Å². The molecular weight excluding hydrogens is 2080 g/mol. The van der Waals surface area contributed by atoms with Crippen molar-refractivity contribution in [2.24, 2.45) is 0 Å². The summed E-state index contributed by atoms with van der Waals surface area (Å²) in [6.45, 7) is 15.3. The third kappa shape index (κ3) is 24.9. The van der Waals surface area contributed by atoms with Crippen molar-refractivity contribution in [1.29, 1.82) is 0 Å². The zero-order chi connectivity index (χ0) is 107. The van der Waals surface area contributed by atoms with Crippen LogP contribution < -0.4 is 81.1 Å². The molecule has 0 spiro atoms. The Morgan fingerprint density at radius 1 is 0.433 bits per heavy atom. The highest BCUT2D eigenvalue weighted by atomic mass is 31.3. The number of nitrogens with one attached hydrogen (secondary N) is 4. The number of imidazole rings is 2. The molecule has 150 heavy (non-hydrogen) atoms. The zero-order valence-corrected chi connectivity index (χ0v) is 87.0. The van der Waals surface area contributed by atoms with Crippen molar-refractivity contribution in [1.82, 2.24) is 58.8 Å². The van der Waals surface area contributed by atoms with Crippen molar-refractivity contribution in [2.75, 3.05) is 112 Å². The van der Waals surface area contributed by atoms with E-state index >= 15 is 0 Å². The van der Waals surface area contributed by atoms with E-state index in [0.717, 1.165) is 190 Å². The number of aromatic carboxylic acids is 2. The lowest BCUT2D eigenvalue weighted by Gasteiger charge is -2.33. The predicted octanol–water partition coefficient (Wildman–Crippen LogP) is 4.27. The number of hydrogen-bond acceptors (Lipinski definition) is 36. The third-order valence-electron chi connectivity index (χ3n) is 27.1. The molecule has 2 saturated heterocycles. The number of carboxylic acid groups (broad SMARTS) is 2. The van der Waals surface area contributed by atoms with E-state index in [0.29, 0.717) is 109 Å². The first-order chi connectivity index (χ1) is 71.5. The minimum atomic E-state index is -5.79. The van der Waals surface area contributed by atoms with Crippen molar-refractivity contribution in [3.63, 3.8) is 0 Å². The molecule has 804 valence electrons. The maximum atomic E-state index is 13.8. The number of carboxylic acids is 2. The fourth-order valence-corrected chi connectivity index (χ4v) is 26.2. The number of hydrogen-bond donors (Lipinski definition) is 16. The molecule has 0 aliphatic carbocycles. The number of fused-ring (bicyclic) bond motifs is 10. The molecule has 2 fully saturated rings. The molecule has 6 aromatic carbocycles. The Balaban J connectivity index is 0.000000204. The quantitative estimate of drug-likeness (QED) is 0.0144. The molecule has 8 aliphatic rings. The van der Waals surface area contributed by atoms with Gasteiger partial charge in [0.15, 0.2) is 46.4 Å². The van der Waals surface area contributed by atoms with Gasteiger partial charge in [0, 0.05) is 155 Å². The third-order valence-corrected chi connectivity index (χ3v) is 34.7. The van der Waals surface area contributed by atoms with Crippen LogP contribution in [0.15, 0.2) is 110 Å². The highest BCUT2D eigenvalue weighted by molar-refractivity contribution is 7.67. The maximum absolute atomic E-state index is 13.8. The molecule has 0 saturated carbocycles. The van der Waals surface area contributed by atoms with Crippen LogP contribution in [0.2, 0.25) is 0 Å². The van der Waals surface area contributed by atoms with Crippen LogP contribution in [0.1, 0.15) is 203 Å². The lowest BCUT2D eigenvalue weighted by molar-refractivity contribution is -0.256. The van der Waals surface area contributed by atoms with Crippen molar-refractivity contribution in [2.45, 2.75) is 180 Å². The Morgan fingerprint density at radius 3 is 1.27 bits per heavy atom. The summed E-state index contributed by atoms with van der Waals surface area (Å²) in [6.07, 6.45) is 5.67. The van der Waals surface area contributed by atoms with Gasteiger partial charge in [0.1, 0.15) is 98.5 Å². The van der Waals surface area contributed by atoms with Crippen LogP contribution in [0.3, 0.4) is 0 Å². The number of unbranched alkanes of at least 4 members (excludes halogenated alkanes) is 6. The van der Waals surface area contributed by atoms with Gasteiger partial charge in [-0.15, -0.1) is 0 Å². The summed E-state index contributed by atoms with van der Waals surface area (Å²) >= 11 is 0. The smallest absolute Gasteiger partial charge is 0.490 e. The van der Waals surface area contributed by atoms with Gasteiger partial charge >= 0.3 is 46.9 Å². The molecule has 2 amide bonds. The van der Waals surface area contributed by atoms with Crippen molar-refractivity contribution >= 4 is 127 Å². The first-order valence-electron chi connectivity index (χ1n) is 49.0. The van der Waals surface area contributed by atoms with Crippen LogP contribution in [0.4, 0.5) is 23.0 Å². The van der Waals surface area contributed by atoms with Gasteiger partial charge in [-0.2, -0.15) is 17.2 Å². The summed E-state index contributed by atoms with van der Waals surface area (Å²) in [5.41, 5.74) is 12.0. The summed E-state index contributed by atoms with van der Waals surface area (Å²) in [5, 5.41) is 84.9. The highest BCUT2D eigenvalue weighted by Crippen LogP contribution is 2.68. The van der Waals surface area contributed by atoms with Crippen LogP contribution in [0.5, 0.6) is 23.0 Å². The number of carbonyl (C=O) groups is 4. The van der Waals surface area contributed by atoms with E-state index in [1.807, 2.05) is 0 Å². The van der Waals surface area contributed by atoms with Gasteiger partial charge in [-0.05, 0) is 163 Å². The molecule has 16 N–H and O–H groups in total. The summed E-state index contributed by atoms with van der Waals surface area (Å²) in [4.78, 5) is 157. The zero-order valence-electron chi connectivity index (χ0n) is 81.6. The molecule has 50 nitrogen and oxygen atoms in total. The van der Waals surface area contributed by atoms with Crippen molar-refractivity contribution in [3.8, 4) is 23.0 Å². The molecule has 8 aliphatic heterocycles. The molecule has 56 heteroatoms. The minimum absolute atomic E-state index is 0.0284. The predicted molar refractivity (Wildman–Crippen MR) is 532 cm³/mol. The fourth-order valence-electron chi connectivity index (χ4n) is 20.1. The van der Waals surface area contributed by atoms with E-state index in [1.165, 1.54) is 63.8 Å². The lowest BCUT2D eigenvalue weighted by atomic mass is 9.85. The first kappa shape index (κ1) is 110. The number of phosphoric ester groups is 2. The van der Waals surface area contributed by atoms with Gasteiger partial charge in [0.2, 0.25) is 10.7 Å². The Hall–Kier alpha value is -11.0. The number of rotatable bonds is 42. The molecule has 12 heterocycles. The Bertz CT molecular complexity index is 7500. The standard InChI is InChI=1S/2C47H57N8O17P3/c1-3-53-17-9-11-27-19-32-36(22-34(27)53)69-37-23-35-28(12-10-18-54(35)4-2)20-33(37)39(32)31-21-29(13-14-30(31)47(59)60)45(58)49-16-8-6-5-7-15-48-43-40-44(51-25-50-43)55(26-52-40)46-42(57)41(56)38(70-46)24-68-74(64,65)72-75(66,67)71-73(61,62)63;1-3-53-17-9-11-27-19-32-36(22-34(27)53)69-37-23-35-28(12-10-18-54(35)4-2)20-33(37)39(32)30-14-13-29(21-31(30)47(59)60)45(58)49-16-8-6-5-7-15-48-43-40-44(51-25-50-43)55(26-52-40)46-42(57)41(56)38(70-46)24-68-74(64,65)72-75(66,67)71-73(61,62)63/h2*13-14,19-23,25-26,38,41-42,46,56-57H,3-12,15-18,24H2,1-2H3,(H6-,48,49,50,51,58,59,60,61,62,63,64,65,66,67)/t2*38-,41-,42-,46-/m11/s1. The summed E-state index contributed by atoms with van der Waals surface area (Å²) < 4.78 is 125. The van der Waals surface area contributed by atoms with E-state index in [-0.39, 0.29) is 44.9 Å². The molecule has 0 radical (unpaired) electrons. The number of anilines is 4. The van der Waals surface area contributed by atoms with Gasteiger partial charge in [-0.1, -0.05) is 37.8 Å². The topological polar surface area (TPSA) is 700 Å². The molecule has 0 bridgehead atoms. The van der Waals surface area contributed by atoms with E-state index in [1.54, 1.807) is 18.2 Å². The van der Waals surface area contributed by atoms with Crippen LogP contribution in [-0.4, -0.2) is 251 Å². The number of ether oxygens (including phenoxy) is 4. The van der Waals surface area contributed by atoms with Crippen LogP contribution >= 0.6 is 46.9 Å². The van der Waals surface area contributed by atoms with E-state index in [4.69, 9.17) is 38.5 Å². The maximum Gasteiger partial charge on any atom is 0.490 e. The van der Waals surface area contributed by atoms with E-state index < -0.39 is 127 Å². The Morgan fingerprint density at radius 2 is 0.847 bits per heavy atom. The largest absolute Gasteiger partial charge is 0.545 e. The SMILES string of the molecule is CCN1CCCc2cc3c(cc21)Oc1cc2c(cc1=C3c1cc(C(=O)NCCCCCCNc3ncnc4c3ncn4[C@@H]3O[C@H](COP(=O)(O)OP(=O)(O)OP(=O)(O)O)[C@@H](O)[C@H]3O)ccc1C(=O)[O-])CCC[N+]=2CC.CCN1CCCc2cc3c(cc21)Oc1cc2c(cc1=C3c1ccc(C(=O)NCCCCCCNc3ncnc4c3ncn4[C@@H]3O[C@H](COP(=O)(O)OP(=O)(O)OP(=O)(O)O)[C@@H](O)[C@H]3O)cc1C(=O)[O-])CCC[N+]=2CC. The monoisotopic (exact) mass is 2200 g/mol. The molecule has 18 rings (SSSR count). The summed E-state index contributed by atoms with van der Waals surface area (Å²) in [5.74, 6) is -0.262. The Kier molecular flexibility index (Phi) is 33.9. The van der Waals surface area contributed by atoms with Gasteiger partial charge in [0.25, 0.3) is 11.8 Å². The van der Waals surface area contributed by atoms with Crippen molar-refractivity contribution < 1.29 is 162 Å². The van der Waals surface area contributed by atoms with Gasteiger partial charge in [0.05, 0.1) is 49.9 Å². The number of benzene rings is 6. The molecule has 4 unspecified atom stereocenters. The van der Waals surface area contributed by atoms with Crippen molar-refractivity contribution in [3.05, 3.63) is 198 Å². The second-order valence-electron chi connectivity index (χ2n) is 36.8. The van der Waals surface area contributed by atoms with Gasteiger partial charge < -0.3 is 129 Å². The van der Waals surface area contributed by atoms with Gasteiger partial charge in [-0.3, -0.25) is 27.8 Å². The first-order valence-corrected chi connectivity index (χ1v) is 58.0. The second-order valence-corrected chi connectivity index (χ2v) is 45.7. The number of carbonyl (C=O) groups excluding carboxylic acids is 4. The number of aromatic nitrogens is 8. The number of amides is 2. The average Bonchev–Trinajstić information content (AvgIpc) is 0.789. The number of phosphoric acid groups is 6. The van der Waals surface area contributed by atoms with Crippen LogP contribution in [0, 0.1) is 0 Å². The normalized spacial score (nSPS) is 20.8. The van der Waals surface area contributed by atoms with Crippen LogP contribution in [0.25, 0.3) is 33.5 Å². The summed E-state index contributed by atoms with van der Waals surface area (Å²) in [6, 6.07) is 26.2. The minimum Gasteiger partial charge on any atom is -0.545 e. The number of nitrogens with zero attached hydrogens (tertiary/aromatic N) is 12. The Labute approximate surface area is 856 Å². The van der Waals surface area contributed by atoms with Gasteiger partial charge in [-0.25, -0.2) is 66.4 Å². The average molecular weight is 2200 g/mol. The molecule has 12 atom stereocenters. The van der Waals surface area contributed by atoms with Crippen LogP contribution in [-0.2, 0) is 88.8 Å². The fraction of sp³-hybridized carbons (Fsp3) is 0.447. The highest BCUT2D eigenvalue weighted by Gasteiger charge is 2.50. The molecular formula is C94H114N16O34P6. The van der Waals surface area contributed by atoms with E-state index in [9.17, 15) is 96.8 Å². The molecule has 4 aromatic heterocycles. The second kappa shape index (κ2) is 46.1. The number of aryl methyl sites for hydroxylation is 4. The summed E-state index contributed by atoms with van der Waals surface area (Å²) in [7, 11) is -33.9. The number of aliphatic hydroxyl groups excluding tert-OH is 4.